The van der Waals surface area contributed by atoms with E-state index >= 15 is 0 Å². The lowest BCUT2D eigenvalue weighted by Crippen LogP contribution is -1.98. The van der Waals surface area contributed by atoms with Crippen LogP contribution in [0.25, 0.3) is 0 Å². The number of phenols is 1. The first-order valence-electron chi connectivity index (χ1n) is 3.13. The lowest BCUT2D eigenvalue weighted by Gasteiger charge is -2.06. The van der Waals surface area contributed by atoms with E-state index in [4.69, 9.17) is 16.7 Å². The van der Waals surface area contributed by atoms with Crippen molar-refractivity contribution < 1.29 is 18.3 Å². The average Bonchev–Trinajstić information content (AvgIpc) is 1.93. The molecule has 0 saturated carbocycles. The molecule has 0 amide bonds. The van der Waals surface area contributed by atoms with Crippen LogP contribution < -0.4 is 0 Å². The Morgan fingerprint density at radius 2 is 1.92 bits per heavy atom. The zero-order valence-corrected chi connectivity index (χ0v) is 7.67. The summed E-state index contributed by atoms with van der Waals surface area (Å²) >= 11 is 5.07. The number of hydrogen-bond donors (Lipinski definition) is 1. The fraction of sp³-hybridized carbons (Fsp3) is 0.143. The molecule has 0 spiro atoms. The number of hydrogen-bond acceptors (Lipinski definition) is 2. The van der Waals surface area contributed by atoms with Gasteiger partial charge in [0.05, 0.1) is 4.90 Å². The predicted molar refractivity (Wildman–Crippen MR) is 45.0 cm³/mol. The van der Waals surface area contributed by atoms with Gasteiger partial charge in [0.2, 0.25) is 0 Å². The zero-order valence-electron chi connectivity index (χ0n) is 6.10. The van der Waals surface area contributed by atoms with Gasteiger partial charge in [-0.15, -0.1) is 0 Å². The zero-order chi connectivity index (χ0) is 10.1. The number of benzene rings is 1. The van der Waals surface area contributed by atoms with Gasteiger partial charge < -0.3 is 5.11 Å². The molecule has 1 aromatic rings. The van der Waals surface area contributed by atoms with Crippen molar-refractivity contribution in [3.8, 4) is 5.75 Å². The Morgan fingerprint density at radius 3 is 2.38 bits per heavy atom. The van der Waals surface area contributed by atoms with Crippen molar-refractivity contribution >= 4 is 23.4 Å². The van der Waals surface area contributed by atoms with Crippen molar-refractivity contribution in [2.75, 3.05) is 0 Å². The van der Waals surface area contributed by atoms with Crippen LogP contribution in [0.1, 0.15) is 0 Å². The largest absolute Gasteiger partial charge is 0.507 e. The summed E-state index contributed by atoms with van der Waals surface area (Å²) in [5.74, 6) is -0.463. The van der Waals surface area contributed by atoms with Crippen molar-refractivity contribution in [3.63, 3.8) is 0 Å². The Bertz CT molecular complexity index is 313. The molecule has 13 heavy (non-hydrogen) atoms. The fourth-order valence-electron chi connectivity index (χ4n) is 0.702. The molecule has 6 heteroatoms. The van der Waals surface area contributed by atoms with E-state index in [1.807, 2.05) is 0 Å². The first kappa shape index (κ1) is 10.5. The molecule has 1 aromatic carbocycles. The molecule has 72 valence electrons. The van der Waals surface area contributed by atoms with Crippen molar-refractivity contribution in [1.82, 2.24) is 0 Å². The van der Waals surface area contributed by atoms with Crippen LogP contribution in [0.15, 0.2) is 23.1 Å². The average molecular weight is 229 g/mol. The van der Waals surface area contributed by atoms with E-state index in [2.05, 4.69) is 0 Å². The molecule has 0 unspecified atom stereocenters. The van der Waals surface area contributed by atoms with E-state index in [1.54, 1.807) is 0 Å². The topological polar surface area (TPSA) is 20.2 Å². The highest BCUT2D eigenvalue weighted by molar-refractivity contribution is 8.00. The van der Waals surface area contributed by atoms with Gasteiger partial charge in [-0.1, -0.05) is 11.6 Å². The molecule has 0 saturated heterocycles. The summed E-state index contributed by atoms with van der Waals surface area (Å²) in [6, 6.07) is 3.47. The minimum atomic E-state index is -4.40. The van der Waals surface area contributed by atoms with Crippen molar-refractivity contribution in [2.24, 2.45) is 0 Å². The molecule has 1 N–H and O–H groups in total. The van der Waals surface area contributed by atoms with E-state index in [1.165, 1.54) is 6.07 Å². The monoisotopic (exact) mass is 228 g/mol. The van der Waals surface area contributed by atoms with E-state index in [-0.39, 0.29) is 21.7 Å². The predicted octanol–water partition coefficient (Wildman–Crippen LogP) is 3.66. The molecule has 0 aliphatic heterocycles. The SMILES string of the molecule is Oc1cc(Cl)ccc1SC(F)(F)F. The number of alkyl halides is 3. The summed E-state index contributed by atoms with van der Waals surface area (Å²) in [6.07, 6.45) is 0. The summed E-state index contributed by atoms with van der Waals surface area (Å²) in [5, 5.41) is 9.25. The molecular formula is C7H4ClF3OS. The van der Waals surface area contributed by atoms with Crippen LogP contribution in [0.4, 0.5) is 13.2 Å². The number of phenolic OH excluding ortho intramolecular Hbond substituents is 1. The number of halogens is 4. The van der Waals surface area contributed by atoms with Gasteiger partial charge in [0.25, 0.3) is 0 Å². The Hall–Kier alpha value is -0.550. The molecule has 1 nitrogen and oxygen atoms in total. The number of rotatable bonds is 1. The van der Waals surface area contributed by atoms with Gasteiger partial charge in [-0.3, -0.25) is 0 Å². The highest BCUT2D eigenvalue weighted by Gasteiger charge is 2.30. The van der Waals surface area contributed by atoms with Crippen LogP contribution in [0.5, 0.6) is 5.75 Å². The lowest BCUT2D eigenvalue weighted by atomic mass is 10.3. The highest BCUT2D eigenvalue weighted by atomic mass is 35.5. The van der Waals surface area contributed by atoms with E-state index in [0.717, 1.165) is 12.1 Å². The summed E-state index contributed by atoms with van der Waals surface area (Å²) in [7, 11) is 0. The van der Waals surface area contributed by atoms with Gasteiger partial charge in [0.1, 0.15) is 5.75 Å². The molecule has 0 aliphatic carbocycles. The number of thioether (sulfide) groups is 1. The smallest absolute Gasteiger partial charge is 0.446 e. The van der Waals surface area contributed by atoms with Crippen LogP contribution in [-0.4, -0.2) is 10.6 Å². The maximum Gasteiger partial charge on any atom is 0.446 e. The summed E-state index contributed by atoms with van der Waals surface area (Å²) in [5.41, 5.74) is -4.40. The Balaban J connectivity index is 2.90. The normalized spacial score (nSPS) is 11.7. The third-order valence-corrected chi connectivity index (χ3v) is 2.18. The minimum absolute atomic E-state index is 0.198. The first-order chi connectivity index (χ1) is 5.88. The quantitative estimate of drug-likeness (QED) is 0.741. The molecule has 0 heterocycles. The van der Waals surface area contributed by atoms with Crippen LogP contribution in [0.2, 0.25) is 5.02 Å². The second-order valence-electron chi connectivity index (χ2n) is 2.16. The standard InChI is InChI=1S/C7H4ClF3OS/c8-4-1-2-6(5(12)3-4)13-7(9,10)11/h1-3,12H. The van der Waals surface area contributed by atoms with Gasteiger partial charge in [-0.2, -0.15) is 13.2 Å². The number of aromatic hydroxyl groups is 1. The van der Waals surface area contributed by atoms with E-state index in [0.29, 0.717) is 0 Å². The van der Waals surface area contributed by atoms with Crippen molar-refractivity contribution in [2.45, 2.75) is 10.4 Å². The van der Waals surface area contributed by atoms with Gasteiger partial charge in [-0.25, -0.2) is 0 Å². The van der Waals surface area contributed by atoms with Crippen LogP contribution in [0, 0.1) is 0 Å². The molecule has 0 radical (unpaired) electrons. The maximum absolute atomic E-state index is 11.8. The second kappa shape index (κ2) is 3.67. The van der Waals surface area contributed by atoms with E-state index < -0.39 is 11.3 Å². The molecule has 0 fully saturated rings. The van der Waals surface area contributed by atoms with Gasteiger partial charge in [-0.05, 0) is 30.0 Å². The second-order valence-corrected chi connectivity index (χ2v) is 3.70. The molecule has 0 aliphatic rings. The lowest BCUT2D eigenvalue weighted by molar-refractivity contribution is -0.0328. The molecule has 0 atom stereocenters. The maximum atomic E-state index is 11.8. The molecule has 0 bridgehead atoms. The van der Waals surface area contributed by atoms with Crippen molar-refractivity contribution in [3.05, 3.63) is 23.2 Å². The van der Waals surface area contributed by atoms with Gasteiger partial charge in [0.15, 0.2) is 0 Å². The molecular weight excluding hydrogens is 225 g/mol. The van der Waals surface area contributed by atoms with Gasteiger partial charge >= 0.3 is 5.51 Å². The highest BCUT2D eigenvalue weighted by Crippen LogP contribution is 2.41. The van der Waals surface area contributed by atoms with Gasteiger partial charge in [0, 0.05) is 5.02 Å². The minimum Gasteiger partial charge on any atom is -0.507 e. The van der Waals surface area contributed by atoms with Crippen molar-refractivity contribution in [1.29, 1.82) is 0 Å². The van der Waals surface area contributed by atoms with Crippen LogP contribution in [0.3, 0.4) is 0 Å². The fourth-order valence-corrected chi connectivity index (χ4v) is 1.42. The third kappa shape index (κ3) is 3.36. The van der Waals surface area contributed by atoms with E-state index in [9.17, 15) is 13.2 Å². The Labute approximate surface area is 81.5 Å². The van der Waals surface area contributed by atoms with Crippen LogP contribution >= 0.6 is 23.4 Å². The van der Waals surface area contributed by atoms with Crippen LogP contribution in [-0.2, 0) is 0 Å². The third-order valence-electron chi connectivity index (χ3n) is 1.15. The molecule has 0 aromatic heterocycles. The summed E-state index contributed by atoms with van der Waals surface area (Å²) < 4.78 is 35.5. The summed E-state index contributed by atoms with van der Waals surface area (Å²) in [4.78, 5) is -0.253. The Morgan fingerprint density at radius 1 is 1.31 bits per heavy atom. The summed E-state index contributed by atoms with van der Waals surface area (Å²) in [6.45, 7) is 0. The Kier molecular flexibility index (Phi) is 2.98. The molecule has 1 rings (SSSR count). The first-order valence-corrected chi connectivity index (χ1v) is 4.32.